The van der Waals surface area contributed by atoms with Crippen molar-refractivity contribution in [2.75, 3.05) is 0 Å². The summed E-state index contributed by atoms with van der Waals surface area (Å²) in [5.74, 6) is -0.693. The lowest BCUT2D eigenvalue weighted by atomic mass is 10.2. The monoisotopic (exact) mass is 350 g/mol. The van der Waals surface area contributed by atoms with Crippen LogP contribution in [0.3, 0.4) is 0 Å². The third-order valence-corrected chi connectivity index (χ3v) is 3.97. The van der Waals surface area contributed by atoms with Gasteiger partial charge in [0.25, 0.3) is 5.91 Å². The summed E-state index contributed by atoms with van der Waals surface area (Å²) in [6, 6.07) is 13.2. The van der Waals surface area contributed by atoms with Gasteiger partial charge in [-0.3, -0.25) is 9.59 Å². The molecule has 0 saturated heterocycles. The fourth-order valence-corrected chi connectivity index (χ4v) is 2.39. The first kappa shape index (κ1) is 17.3. The molecule has 0 saturated carbocycles. The van der Waals surface area contributed by atoms with E-state index in [0.29, 0.717) is 22.2 Å². The minimum atomic E-state index is -0.693. The number of hydrogen-bond acceptors (Lipinski definition) is 2. The molecule has 0 aromatic heterocycles. The molecule has 0 spiro atoms. The second kappa shape index (κ2) is 7.99. The van der Waals surface area contributed by atoms with Crippen LogP contribution in [0.5, 0.6) is 0 Å². The molecule has 0 heterocycles. The van der Waals surface area contributed by atoms with Gasteiger partial charge in [0.2, 0.25) is 5.91 Å². The summed E-state index contributed by atoms with van der Waals surface area (Å²) < 4.78 is 0. The van der Waals surface area contributed by atoms with Crippen LogP contribution in [-0.4, -0.2) is 17.9 Å². The molecule has 0 radical (unpaired) electrons. The van der Waals surface area contributed by atoms with E-state index < -0.39 is 11.9 Å². The van der Waals surface area contributed by atoms with Crippen LogP contribution in [0.1, 0.15) is 22.8 Å². The van der Waals surface area contributed by atoms with Crippen molar-refractivity contribution >= 4 is 35.0 Å². The Morgan fingerprint density at radius 3 is 2.26 bits per heavy atom. The third kappa shape index (κ3) is 4.71. The lowest BCUT2D eigenvalue weighted by molar-refractivity contribution is -0.122. The van der Waals surface area contributed by atoms with Crippen LogP contribution in [0.15, 0.2) is 48.5 Å². The molecule has 23 heavy (non-hydrogen) atoms. The summed E-state index contributed by atoms with van der Waals surface area (Å²) >= 11 is 12.0. The predicted molar refractivity (Wildman–Crippen MR) is 91.7 cm³/mol. The molecule has 2 aromatic rings. The zero-order valence-corrected chi connectivity index (χ0v) is 14.0. The highest BCUT2D eigenvalue weighted by Gasteiger charge is 2.18. The predicted octanol–water partition coefficient (Wildman–Crippen LogP) is 3.43. The van der Waals surface area contributed by atoms with Crippen molar-refractivity contribution in [3.8, 4) is 0 Å². The Labute approximate surface area is 144 Å². The van der Waals surface area contributed by atoms with E-state index >= 15 is 0 Å². The molecule has 2 N–H and O–H groups in total. The summed E-state index contributed by atoms with van der Waals surface area (Å²) in [5, 5.41) is 6.28. The van der Waals surface area contributed by atoms with Gasteiger partial charge >= 0.3 is 0 Å². The zero-order valence-electron chi connectivity index (χ0n) is 12.5. The first-order valence-electron chi connectivity index (χ1n) is 7.05. The Kier molecular flexibility index (Phi) is 6.02. The summed E-state index contributed by atoms with van der Waals surface area (Å²) in [6.07, 6.45) is 0. The zero-order chi connectivity index (χ0) is 16.8. The van der Waals surface area contributed by atoms with Crippen LogP contribution in [-0.2, 0) is 11.3 Å². The molecule has 0 fully saturated rings. The molecule has 1 unspecified atom stereocenters. The standard InChI is InChI=1S/C17H16Cl2N2O2/c1-11(21-17(23)13-7-3-5-9-15(13)19)16(22)20-10-12-6-2-4-8-14(12)18/h2-9,11H,10H2,1H3,(H,20,22)(H,21,23). The Morgan fingerprint density at radius 1 is 1.00 bits per heavy atom. The summed E-state index contributed by atoms with van der Waals surface area (Å²) in [6.45, 7) is 1.90. The molecule has 4 nitrogen and oxygen atoms in total. The van der Waals surface area contributed by atoms with Gasteiger partial charge in [-0.1, -0.05) is 53.5 Å². The number of carbonyl (C=O) groups excluding carboxylic acids is 2. The topological polar surface area (TPSA) is 58.2 Å². The Balaban J connectivity index is 1.91. The molecular formula is C17H16Cl2N2O2. The smallest absolute Gasteiger partial charge is 0.253 e. The van der Waals surface area contributed by atoms with Gasteiger partial charge < -0.3 is 10.6 Å². The normalized spacial score (nSPS) is 11.6. The number of carbonyl (C=O) groups is 2. The van der Waals surface area contributed by atoms with Crippen LogP contribution < -0.4 is 10.6 Å². The summed E-state index contributed by atoms with van der Waals surface area (Å²) in [7, 11) is 0. The van der Waals surface area contributed by atoms with E-state index in [4.69, 9.17) is 23.2 Å². The molecule has 1 atom stereocenters. The quantitative estimate of drug-likeness (QED) is 0.867. The Morgan fingerprint density at radius 2 is 1.61 bits per heavy atom. The van der Waals surface area contributed by atoms with Gasteiger partial charge in [0.15, 0.2) is 0 Å². The molecule has 6 heteroatoms. The molecule has 120 valence electrons. The fraction of sp³-hybridized carbons (Fsp3) is 0.176. The Hall–Kier alpha value is -2.04. The molecule has 0 aliphatic carbocycles. The summed E-state index contributed by atoms with van der Waals surface area (Å²) in [5.41, 5.74) is 1.15. The minimum absolute atomic E-state index is 0.296. The maximum Gasteiger partial charge on any atom is 0.253 e. The van der Waals surface area contributed by atoms with Crippen LogP contribution in [0, 0.1) is 0 Å². The van der Waals surface area contributed by atoms with Gasteiger partial charge in [-0.05, 0) is 30.7 Å². The maximum atomic E-state index is 12.1. The third-order valence-electron chi connectivity index (χ3n) is 3.27. The molecule has 2 aromatic carbocycles. The van der Waals surface area contributed by atoms with E-state index in [2.05, 4.69) is 10.6 Å². The number of nitrogens with one attached hydrogen (secondary N) is 2. The van der Waals surface area contributed by atoms with E-state index in [0.717, 1.165) is 5.56 Å². The lowest BCUT2D eigenvalue weighted by Gasteiger charge is -2.15. The second-order valence-corrected chi connectivity index (χ2v) is 5.80. The largest absolute Gasteiger partial charge is 0.350 e. The Bertz CT molecular complexity index is 719. The molecule has 0 bridgehead atoms. The van der Waals surface area contributed by atoms with Crippen molar-refractivity contribution in [2.24, 2.45) is 0 Å². The number of rotatable bonds is 5. The molecular weight excluding hydrogens is 335 g/mol. The molecule has 0 aliphatic rings. The van der Waals surface area contributed by atoms with Crippen LogP contribution in [0.4, 0.5) is 0 Å². The van der Waals surface area contributed by atoms with Gasteiger partial charge in [0, 0.05) is 11.6 Å². The highest BCUT2D eigenvalue weighted by atomic mass is 35.5. The van der Waals surface area contributed by atoms with Crippen molar-refractivity contribution in [1.82, 2.24) is 10.6 Å². The van der Waals surface area contributed by atoms with Crippen LogP contribution in [0.2, 0.25) is 10.0 Å². The van der Waals surface area contributed by atoms with Gasteiger partial charge in [0.1, 0.15) is 6.04 Å². The van der Waals surface area contributed by atoms with Crippen molar-refractivity contribution < 1.29 is 9.59 Å². The molecule has 2 rings (SSSR count). The van der Waals surface area contributed by atoms with Gasteiger partial charge in [-0.25, -0.2) is 0 Å². The lowest BCUT2D eigenvalue weighted by Crippen LogP contribution is -2.44. The highest BCUT2D eigenvalue weighted by molar-refractivity contribution is 6.33. The average Bonchev–Trinajstić information content (AvgIpc) is 2.54. The first-order chi connectivity index (χ1) is 11.0. The first-order valence-corrected chi connectivity index (χ1v) is 7.81. The van der Waals surface area contributed by atoms with Crippen molar-refractivity contribution in [2.45, 2.75) is 19.5 Å². The number of halogens is 2. The summed E-state index contributed by atoms with van der Waals surface area (Å²) in [4.78, 5) is 24.2. The molecule has 0 aliphatic heterocycles. The van der Waals surface area contributed by atoms with Gasteiger partial charge in [-0.15, -0.1) is 0 Å². The molecule has 2 amide bonds. The van der Waals surface area contributed by atoms with Crippen molar-refractivity contribution in [1.29, 1.82) is 0 Å². The van der Waals surface area contributed by atoms with E-state index in [1.165, 1.54) is 0 Å². The van der Waals surface area contributed by atoms with Gasteiger partial charge in [0.05, 0.1) is 10.6 Å². The van der Waals surface area contributed by atoms with E-state index in [-0.39, 0.29) is 5.91 Å². The van der Waals surface area contributed by atoms with Crippen LogP contribution in [0.25, 0.3) is 0 Å². The van der Waals surface area contributed by atoms with E-state index in [9.17, 15) is 9.59 Å². The van der Waals surface area contributed by atoms with Gasteiger partial charge in [-0.2, -0.15) is 0 Å². The van der Waals surface area contributed by atoms with E-state index in [1.807, 2.05) is 18.2 Å². The second-order valence-electron chi connectivity index (χ2n) is 4.98. The SMILES string of the molecule is CC(NC(=O)c1ccccc1Cl)C(=O)NCc1ccccc1Cl. The number of hydrogen-bond donors (Lipinski definition) is 2. The number of amides is 2. The van der Waals surface area contributed by atoms with Crippen molar-refractivity contribution in [3.05, 3.63) is 69.7 Å². The highest BCUT2D eigenvalue weighted by Crippen LogP contribution is 2.15. The van der Waals surface area contributed by atoms with Crippen LogP contribution >= 0.6 is 23.2 Å². The average molecular weight is 351 g/mol. The van der Waals surface area contributed by atoms with Crippen molar-refractivity contribution in [3.63, 3.8) is 0 Å². The maximum absolute atomic E-state index is 12.1. The number of benzene rings is 2. The van der Waals surface area contributed by atoms with E-state index in [1.54, 1.807) is 37.3 Å². The fourth-order valence-electron chi connectivity index (χ4n) is 1.96. The minimum Gasteiger partial charge on any atom is -0.350 e.